The standard InChI is InChI=1S/C24H27FN4O2/c1-3-10-29-14-9-20(23-19(24(29)30)8-11-27(23)2)28-12-6-16(7-13-28)22-18-5-4-17(25)15-21(18)31-26-22/h4-5,8-9,11,15-16H,3,6-7,10,12-14H2,1-2H3. The van der Waals surface area contributed by atoms with Crippen LogP contribution in [0.5, 0.6) is 0 Å². The summed E-state index contributed by atoms with van der Waals surface area (Å²) in [7, 11) is 2.00. The van der Waals surface area contributed by atoms with E-state index in [2.05, 4.69) is 27.6 Å². The molecule has 0 bridgehead atoms. The fraction of sp³-hybridized carbons (Fsp3) is 0.417. The summed E-state index contributed by atoms with van der Waals surface area (Å²) in [5.41, 5.74) is 4.36. The molecule has 6 nitrogen and oxygen atoms in total. The minimum atomic E-state index is -0.310. The Kier molecular flexibility index (Phi) is 5.04. The van der Waals surface area contributed by atoms with Crippen molar-refractivity contribution in [3.8, 4) is 0 Å². The molecule has 0 unspecified atom stereocenters. The molecule has 1 fully saturated rings. The van der Waals surface area contributed by atoms with Gasteiger partial charge in [0.2, 0.25) is 0 Å². The number of benzene rings is 1. The van der Waals surface area contributed by atoms with Gasteiger partial charge in [-0.2, -0.15) is 0 Å². The third-order valence-corrected chi connectivity index (χ3v) is 6.52. The highest BCUT2D eigenvalue weighted by molar-refractivity contribution is 6.00. The average molecular weight is 423 g/mol. The van der Waals surface area contributed by atoms with Crippen LogP contribution in [0.15, 0.2) is 41.1 Å². The Hall–Kier alpha value is -3.09. The molecule has 4 heterocycles. The third-order valence-electron chi connectivity index (χ3n) is 6.52. The van der Waals surface area contributed by atoms with Crippen molar-refractivity contribution in [1.29, 1.82) is 0 Å². The number of halogens is 1. The first-order valence-electron chi connectivity index (χ1n) is 11.0. The molecule has 0 atom stereocenters. The Morgan fingerprint density at radius 2 is 2.03 bits per heavy atom. The normalized spacial score (nSPS) is 17.8. The predicted molar refractivity (Wildman–Crippen MR) is 117 cm³/mol. The molecule has 7 heteroatoms. The van der Waals surface area contributed by atoms with Gasteiger partial charge in [-0.05, 0) is 43.5 Å². The summed E-state index contributed by atoms with van der Waals surface area (Å²) in [6, 6.07) is 6.56. The van der Waals surface area contributed by atoms with Gasteiger partial charge in [-0.1, -0.05) is 12.1 Å². The second kappa shape index (κ2) is 7.87. The fourth-order valence-electron chi connectivity index (χ4n) is 4.93. The lowest BCUT2D eigenvalue weighted by atomic mass is 9.91. The monoisotopic (exact) mass is 422 g/mol. The van der Waals surface area contributed by atoms with Crippen LogP contribution in [0.25, 0.3) is 16.7 Å². The first kappa shape index (κ1) is 19.8. The van der Waals surface area contributed by atoms with E-state index >= 15 is 0 Å². The second-order valence-electron chi connectivity index (χ2n) is 8.50. The number of rotatable bonds is 4. The van der Waals surface area contributed by atoms with Crippen molar-refractivity contribution in [2.75, 3.05) is 26.2 Å². The third kappa shape index (κ3) is 3.42. The second-order valence-corrected chi connectivity index (χ2v) is 8.50. The zero-order valence-corrected chi connectivity index (χ0v) is 18.0. The molecule has 2 aliphatic heterocycles. The minimum Gasteiger partial charge on any atom is -0.370 e. The summed E-state index contributed by atoms with van der Waals surface area (Å²) in [6.45, 7) is 5.24. The minimum absolute atomic E-state index is 0.111. The zero-order chi connectivity index (χ0) is 21.5. The van der Waals surface area contributed by atoms with E-state index in [1.165, 1.54) is 12.1 Å². The number of amides is 1. The van der Waals surface area contributed by atoms with Crippen molar-refractivity contribution in [3.05, 3.63) is 59.3 Å². The van der Waals surface area contributed by atoms with Crippen molar-refractivity contribution in [1.82, 2.24) is 19.5 Å². The molecule has 1 saturated heterocycles. The number of fused-ring (bicyclic) bond motifs is 2. The molecule has 0 saturated carbocycles. The fourth-order valence-corrected chi connectivity index (χ4v) is 4.93. The van der Waals surface area contributed by atoms with Crippen molar-refractivity contribution in [2.45, 2.75) is 32.1 Å². The lowest BCUT2D eigenvalue weighted by molar-refractivity contribution is 0.0775. The molecule has 3 aromatic rings. The topological polar surface area (TPSA) is 54.5 Å². The molecular formula is C24H27FN4O2. The van der Waals surface area contributed by atoms with Crippen LogP contribution < -0.4 is 0 Å². The van der Waals surface area contributed by atoms with Crippen LogP contribution in [-0.4, -0.2) is 51.6 Å². The Bertz CT molecular complexity index is 1150. The number of carbonyl (C=O) groups is 1. The zero-order valence-electron chi connectivity index (χ0n) is 18.0. The van der Waals surface area contributed by atoms with Gasteiger partial charge in [-0.25, -0.2) is 4.39 Å². The van der Waals surface area contributed by atoms with Gasteiger partial charge in [-0.15, -0.1) is 0 Å². The van der Waals surface area contributed by atoms with E-state index in [4.69, 9.17) is 4.52 Å². The predicted octanol–water partition coefficient (Wildman–Crippen LogP) is 4.39. The number of likely N-dealkylation sites (tertiary alicyclic amines) is 1. The summed E-state index contributed by atoms with van der Waals surface area (Å²) < 4.78 is 20.9. The first-order chi connectivity index (χ1) is 15.1. The molecule has 0 spiro atoms. The smallest absolute Gasteiger partial charge is 0.256 e. The number of piperidine rings is 1. The maximum Gasteiger partial charge on any atom is 0.256 e. The number of aryl methyl sites for hydroxylation is 1. The summed E-state index contributed by atoms with van der Waals surface area (Å²) >= 11 is 0. The van der Waals surface area contributed by atoms with Gasteiger partial charge in [0.1, 0.15) is 5.82 Å². The van der Waals surface area contributed by atoms with Crippen LogP contribution in [0.4, 0.5) is 4.39 Å². The van der Waals surface area contributed by atoms with E-state index < -0.39 is 0 Å². The molecule has 2 aliphatic rings. The highest BCUT2D eigenvalue weighted by Crippen LogP contribution is 2.36. The maximum absolute atomic E-state index is 13.5. The molecule has 1 aromatic carbocycles. The van der Waals surface area contributed by atoms with Gasteiger partial charge < -0.3 is 18.9 Å². The van der Waals surface area contributed by atoms with Crippen molar-refractivity contribution in [2.24, 2.45) is 7.05 Å². The Labute approximate surface area is 180 Å². The van der Waals surface area contributed by atoms with Gasteiger partial charge in [0.15, 0.2) is 5.58 Å². The maximum atomic E-state index is 13.5. The van der Waals surface area contributed by atoms with Gasteiger partial charge >= 0.3 is 0 Å². The molecule has 0 N–H and O–H groups in total. The van der Waals surface area contributed by atoms with Crippen molar-refractivity contribution in [3.63, 3.8) is 0 Å². The van der Waals surface area contributed by atoms with Gasteiger partial charge in [0.05, 0.1) is 22.6 Å². The molecule has 31 heavy (non-hydrogen) atoms. The van der Waals surface area contributed by atoms with Crippen LogP contribution in [0.3, 0.4) is 0 Å². The molecule has 162 valence electrons. The van der Waals surface area contributed by atoms with E-state index in [1.54, 1.807) is 6.07 Å². The van der Waals surface area contributed by atoms with Gasteiger partial charge in [0, 0.05) is 56.8 Å². The SMILES string of the molecule is CCCN1CC=C(N2CCC(c3noc4cc(F)ccc34)CC2)c2c(ccn2C)C1=O. The van der Waals surface area contributed by atoms with E-state index in [1.807, 2.05) is 24.2 Å². The Balaban J connectivity index is 1.39. The van der Waals surface area contributed by atoms with Gasteiger partial charge in [0.25, 0.3) is 5.91 Å². The number of carbonyl (C=O) groups excluding carboxylic acids is 1. The largest absolute Gasteiger partial charge is 0.370 e. The number of hydrogen-bond donors (Lipinski definition) is 0. The van der Waals surface area contributed by atoms with E-state index in [-0.39, 0.29) is 17.6 Å². The number of nitrogens with zero attached hydrogens (tertiary/aromatic N) is 4. The molecule has 0 radical (unpaired) electrons. The van der Waals surface area contributed by atoms with E-state index in [9.17, 15) is 9.18 Å². The summed E-state index contributed by atoms with van der Waals surface area (Å²) in [4.78, 5) is 17.4. The summed E-state index contributed by atoms with van der Waals surface area (Å²) in [5.74, 6) is 0.0793. The lowest BCUT2D eigenvalue weighted by Crippen LogP contribution is -2.32. The van der Waals surface area contributed by atoms with E-state index in [0.29, 0.717) is 12.1 Å². The first-order valence-corrected chi connectivity index (χ1v) is 11.0. The quantitative estimate of drug-likeness (QED) is 0.626. The Morgan fingerprint density at radius 3 is 2.81 bits per heavy atom. The Morgan fingerprint density at radius 1 is 1.23 bits per heavy atom. The van der Waals surface area contributed by atoms with Crippen LogP contribution in [0.1, 0.15) is 53.8 Å². The van der Waals surface area contributed by atoms with Crippen LogP contribution >= 0.6 is 0 Å². The number of hydrogen-bond acceptors (Lipinski definition) is 4. The van der Waals surface area contributed by atoms with Crippen LogP contribution in [0, 0.1) is 5.82 Å². The van der Waals surface area contributed by atoms with Crippen LogP contribution in [-0.2, 0) is 7.05 Å². The van der Waals surface area contributed by atoms with Gasteiger partial charge in [-0.3, -0.25) is 4.79 Å². The molecule has 0 aliphatic carbocycles. The van der Waals surface area contributed by atoms with Crippen molar-refractivity contribution >= 4 is 22.6 Å². The molecular weight excluding hydrogens is 395 g/mol. The molecule has 5 rings (SSSR count). The van der Waals surface area contributed by atoms with E-state index in [0.717, 1.165) is 66.9 Å². The number of aromatic nitrogens is 2. The van der Waals surface area contributed by atoms with Crippen LogP contribution in [0.2, 0.25) is 0 Å². The highest BCUT2D eigenvalue weighted by atomic mass is 19.1. The summed E-state index contributed by atoms with van der Waals surface area (Å²) in [5, 5.41) is 5.17. The highest BCUT2D eigenvalue weighted by Gasteiger charge is 2.31. The molecule has 1 amide bonds. The lowest BCUT2D eigenvalue weighted by Gasteiger charge is -2.35. The summed E-state index contributed by atoms with van der Waals surface area (Å²) in [6.07, 6.45) is 6.98. The average Bonchev–Trinajstić information content (AvgIpc) is 3.33. The van der Waals surface area contributed by atoms with Crippen molar-refractivity contribution < 1.29 is 13.7 Å². The molecule has 2 aromatic heterocycles.